The van der Waals surface area contributed by atoms with E-state index in [0.717, 1.165) is 68.4 Å². The highest BCUT2D eigenvalue weighted by Gasteiger charge is 2.34. The van der Waals surface area contributed by atoms with E-state index in [9.17, 15) is 19.2 Å². The summed E-state index contributed by atoms with van der Waals surface area (Å²) in [6.07, 6.45) is 12.3. The van der Waals surface area contributed by atoms with Crippen LogP contribution in [0, 0.1) is 5.41 Å². The first-order valence-corrected chi connectivity index (χ1v) is 28.3. The van der Waals surface area contributed by atoms with Gasteiger partial charge in [-0.3, -0.25) is 40.3 Å². The van der Waals surface area contributed by atoms with E-state index in [0.29, 0.717) is 59.4 Å². The summed E-state index contributed by atoms with van der Waals surface area (Å²) >= 11 is 7.78. The van der Waals surface area contributed by atoms with Crippen LogP contribution >= 0.6 is 49.9 Å². The molecule has 1 aliphatic rings. The monoisotopic (exact) mass is 1180 g/mol. The number of aromatic nitrogens is 7. The fourth-order valence-corrected chi connectivity index (χ4v) is 11.5. The van der Waals surface area contributed by atoms with E-state index in [-0.39, 0.29) is 29.1 Å². The third kappa shape index (κ3) is 14.0. The van der Waals surface area contributed by atoms with Gasteiger partial charge in [0.15, 0.2) is 15.4 Å². The summed E-state index contributed by atoms with van der Waals surface area (Å²) in [5.74, 6) is 0. The van der Waals surface area contributed by atoms with Crippen molar-refractivity contribution in [3.05, 3.63) is 149 Å². The average molecular weight is 1180 g/mol. The van der Waals surface area contributed by atoms with Gasteiger partial charge < -0.3 is 25.3 Å². The molecule has 24 heteroatoms. The predicted molar refractivity (Wildman–Crippen MR) is 321 cm³/mol. The van der Waals surface area contributed by atoms with Crippen molar-refractivity contribution < 1.29 is 23.7 Å². The second kappa shape index (κ2) is 25.6. The molecule has 6 N–H and O–H groups in total. The van der Waals surface area contributed by atoms with Crippen molar-refractivity contribution >= 4 is 127 Å². The number of benzene rings is 3. The van der Waals surface area contributed by atoms with Crippen LogP contribution in [0.5, 0.6) is 0 Å². The minimum Gasteiger partial charge on any atom is -0.407 e. The Morgan fingerprint density at radius 2 is 1.04 bits per heavy atom. The van der Waals surface area contributed by atoms with Crippen LogP contribution in [0.2, 0.25) is 0 Å². The highest BCUT2D eigenvalue weighted by atomic mass is 79.9. The number of carbonyl (C=O) groups excluding carboxylic acids is 3. The molecule has 0 atom stereocenters. The SMILES string of the molecule is CCNC(=O)Nc1nc2cc(-n3ccccc3=O)cc(-c3cccnc3)c2s1.CCNC(=O)Nc1nc2cc(B3OCC(C)(C)CO3)cc(-c3cccnc3)c2s1.CCNC(=O)Nc1nc2cc(Br)cc(-c3cccnc3)c2s1. The Bertz CT molecular complexity index is 3820. The molecule has 79 heavy (non-hydrogen) atoms. The number of fused-ring (bicyclic) bond motifs is 3. The Labute approximate surface area is 475 Å². The molecule has 10 aromatic rings. The molecule has 0 bridgehead atoms. The van der Waals surface area contributed by atoms with Gasteiger partial charge in [-0.15, -0.1) is 0 Å². The molecule has 1 aliphatic heterocycles. The lowest BCUT2D eigenvalue weighted by molar-refractivity contribution is 0.0343. The van der Waals surface area contributed by atoms with E-state index < -0.39 is 7.12 Å². The van der Waals surface area contributed by atoms with Gasteiger partial charge in [-0.25, -0.2) is 29.3 Å². The Morgan fingerprint density at radius 1 is 0.595 bits per heavy atom. The van der Waals surface area contributed by atoms with Gasteiger partial charge in [0.25, 0.3) is 5.56 Å². The standard InChI is InChI=1S/C20H23BN4O3S.C20H17N5O2S.C15H13BrN4OS/c1-4-23-18(26)25-19-24-16-9-14(21-27-11-20(2,3)12-28-21)8-15(17(16)29-19)13-6-5-7-22-10-13;1-2-22-19(27)24-20-23-16-11-14(25-9-4-3-7-17(25)26)10-15(18(16)28-20)13-6-5-8-21-12-13;1-2-18-14(21)20-15-19-12-7-10(16)6-11(13(12)22-15)9-4-3-5-17-8-9/h5-10H,4,11-12H2,1-3H3,(H2,23,24,25,26);3-12H,2H2,1H3,(H2,22,23,24,27);3-8H,2H2,1H3,(H2,18,19,20,21). The van der Waals surface area contributed by atoms with Crippen molar-refractivity contribution in [2.75, 3.05) is 48.8 Å². The molecule has 8 heterocycles. The van der Waals surface area contributed by atoms with Crippen molar-refractivity contribution in [1.82, 2.24) is 50.4 Å². The topological polar surface area (TPSA) is 241 Å². The van der Waals surface area contributed by atoms with Gasteiger partial charge in [-0.1, -0.05) is 94.1 Å². The first-order valence-electron chi connectivity index (χ1n) is 25.0. The molecular weight excluding hydrogens is 1130 g/mol. The number of carbonyl (C=O) groups is 3. The fraction of sp³-hybridized carbons (Fsp3) is 0.200. The number of halogens is 1. The van der Waals surface area contributed by atoms with Crippen LogP contribution in [-0.2, 0) is 9.31 Å². The predicted octanol–water partition coefficient (Wildman–Crippen LogP) is 11.2. The summed E-state index contributed by atoms with van der Waals surface area (Å²) in [7, 11) is -0.440. The summed E-state index contributed by atoms with van der Waals surface area (Å²) in [5.41, 5.74) is 9.63. The van der Waals surface area contributed by atoms with E-state index in [1.165, 1.54) is 40.1 Å². The van der Waals surface area contributed by atoms with Gasteiger partial charge >= 0.3 is 25.2 Å². The maximum Gasteiger partial charge on any atom is 0.493 e. The Hall–Kier alpha value is -8.00. The van der Waals surface area contributed by atoms with Gasteiger partial charge in [0.05, 0.1) is 36.3 Å². The van der Waals surface area contributed by atoms with Crippen LogP contribution in [0.15, 0.2) is 144 Å². The van der Waals surface area contributed by atoms with Crippen molar-refractivity contribution in [2.24, 2.45) is 5.41 Å². The van der Waals surface area contributed by atoms with Crippen molar-refractivity contribution in [3.63, 3.8) is 0 Å². The second-order valence-electron chi connectivity index (χ2n) is 18.3. The molecule has 3 aromatic carbocycles. The minimum absolute atomic E-state index is 0.00284. The second-order valence-corrected chi connectivity index (χ2v) is 22.2. The highest BCUT2D eigenvalue weighted by Crippen LogP contribution is 2.39. The van der Waals surface area contributed by atoms with Gasteiger partial charge in [0, 0.05) is 126 Å². The van der Waals surface area contributed by atoms with Crippen LogP contribution in [0.4, 0.5) is 29.8 Å². The molecule has 402 valence electrons. The molecule has 0 spiro atoms. The zero-order valence-electron chi connectivity index (χ0n) is 43.5. The lowest BCUT2D eigenvalue weighted by Gasteiger charge is -2.33. The third-order valence-electron chi connectivity index (χ3n) is 11.7. The molecule has 11 rings (SSSR count). The van der Waals surface area contributed by atoms with E-state index in [1.807, 2.05) is 99.9 Å². The first-order chi connectivity index (χ1) is 38.3. The van der Waals surface area contributed by atoms with Crippen molar-refractivity contribution in [2.45, 2.75) is 34.6 Å². The summed E-state index contributed by atoms with van der Waals surface area (Å²) in [5, 5.41) is 18.0. The molecule has 1 fully saturated rings. The Balaban J connectivity index is 0.000000145. The third-order valence-corrected chi connectivity index (χ3v) is 15.2. The number of hydrogen-bond acceptors (Lipinski definition) is 15. The number of thiazole rings is 3. The highest BCUT2D eigenvalue weighted by molar-refractivity contribution is 9.10. The number of rotatable bonds is 11. The van der Waals surface area contributed by atoms with E-state index >= 15 is 0 Å². The van der Waals surface area contributed by atoms with Crippen LogP contribution in [0.25, 0.3) is 69.7 Å². The fourth-order valence-electron chi connectivity index (χ4n) is 8.15. The van der Waals surface area contributed by atoms with Gasteiger partial charge in [0.2, 0.25) is 0 Å². The molecule has 0 saturated carbocycles. The molecule has 19 nitrogen and oxygen atoms in total. The van der Waals surface area contributed by atoms with Crippen LogP contribution in [-0.4, -0.2) is 92.5 Å². The molecule has 6 amide bonds. The van der Waals surface area contributed by atoms with Gasteiger partial charge in [-0.2, -0.15) is 0 Å². The molecule has 7 aromatic heterocycles. The minimum atomic E-state index is -0.440. The average Bonchev–Trinajstić information content (AvgIpc) is 4.33. The lowest BCUT2D eigenvalue weighted by atomic mass is 9.75. The number of nitrogens with one attached hydrogen (secondary N) is 6. The lowest BCUT2D eigenvalue weighted by Crippen LogP contribution is -2.47. The summed E-state index contributed by atoms with van der Waals surface area (Å²) < 4.78 is 17.4. The number of urea groups is 3. The number of hydrogen-bond donors (Lipinski definition) is 6. The van der Waals surface area contributed by atoms with E-state index in [2.05, 4.69) is 97.6 Å². The number of pyridine rings is 4. The zero-order chi connectivity index (χ0) is 55.5. The molecule has 0 aliphatic carbocycles. The van der Waals surface area contributed by atoms with Gasteiger partial charge in [-0.05, 0) is 80.8 Å². The molecule has 0 unspecified atom stereocenters. The summed E-state index contributed by atoms with van der Waals surface area (Å²) in [4.78, 5) is 74.0. The van der Waals surface area contributed by atoms with Crippen LogP contribution in [0.3, 0.4) is 0 Å². The van der Waals surface area contributed by atoms with Gasteiger partial charge in [0.1, 0.15) is 0 Å². The van der Waals surface area contributed by atoms with E-state index in [1.54, 1.807) is 47.7 Å². The van der Waals surface area contributed by atoms with Crippen molar-refractivity contribution in [3.8, 4) is 39.1 Å². The smallest absolute Gasteiger partial charge is 0.407 e. The maximum absolute atomic E-state index is 12.3. The van der Waals surface area contributed by atoms with Crippen LogP contribution < -0.4 is 42.9 Å². The molecular formula is C55H53BBrN13O6S3. The molecule has 1 saturated heterocycles. The number of amides is 6. The summed E-state index contributed by atoms with van der Waals surface area (Å²) in [6, 6.07) is 27.6. The quantitative estimate of drug-likeness (QED) is 0.0663. The largest absolute Gasteiger partial charge is 0.493 e. The number of anilines is 3. The zero-order valence-corrected chi connectivity index (χ0v) is 47.5. The molecule has 0 radical (unpaired) electrons. The Kier molecular flexibility index (Phi) is 18.1. The Morgan fingerprint density at radius 3 is 1.48 bits per heavy atom. The van der Waals surface area contributed by atoms with Crippen molar-refractivity contribution in [1.29, 1.82) is 0 Å². The van der Waals surface area contributed by atoms with Crippen LogP contribution in [0.1, 0.15) is 34.6 Å². The summed E-state index contributed by atoms with van der Waals surface area (Å²) in [6.45, 7) is 12.7. The van der Waals surface area contributed by atoms with E-state index in [4.69, 9.17) is 9.31 Å². The maximum atomic E-state index is 12.3. The normalized spacial score (nSPS) is 12.7. The first kappa shape index (κ1) is 55.7. The number of nitrogens with zero attached hydrogens (tertiary/aromatic N) is 7.